The molecule has 1 aromatic heterocycles. The highest BCUT2D eigenvalue weighted by Gasteiger charge is 2.34. The minimum Gasteiger partial charge on any atom is -0.494 e. The van der Waals surface area contributed by atoms with Gasteiger partial charge in [-0.2, -0.15) is 13.5 Å². The van der Waals surface area contributed by atoms with E-state index in [4.69, 9.17) is 23.9 Å². The Hall–Kier alpha value is -4.07. The lowest BCUT2D eigenvalue weighted by Crippen LogP contribution is -2.41. The highest BCUT2D eigenvalue weighted by Crippen LogP contribution is 2.31. The maximum atomic E-state index is 13.1. The number of hydrogen-bond donors (Lipinski definition) is 2. The zero-order valence-corrected chi connectivity index (χ0v) is 31.8. The Kier molecular flexibility index (Phi) is 14.0. The van der Waals surface area contributed by atoms with Crippen LogP contribution < -0.4 is 20.3 Å². The summed E-state index contributed by atoms with van der Waals surface area (Å²) < 4.78 is 22.5. The molecule has 2 saturated heterocycles. The highest BCUT2D eigenvalue weighted by atomic mass is 32.1. The number of carbonyl (C=O) groups excluding carboxylic acids is 2. The summed E-state index contributed by atoms with van der Waals surface area (Å²) in [6.45, 7) is 16.6. The van der Waals surface area contributed by atoms with Gasteiger partial charge in [-0.1, -0.05) is 0 Å². The minimum absolute atomic E-state index is 0. The fraction of sp³-hybridized carbons (Fsp3) is 0.526. The van der Waals surface area contributed by atoms with Crippen LogP contribution >= 0.6 is 13.5 Å². The molecule has 2 fully saturated rings. The normalized spacial score (nSPS) is 16.6. The van der Waals surface area contributed by atoms with Crippen molar-refractivity contribution in [3.8, 4) is 17.0 Å². The van der Waals surface area contributed by atoms with E-state index in [-0.39, 0.29) is 25.5 Å². The number of esters is 1. The predicted octanol–water partition coefficient (Wildman–Crippen LogP) is 6.44. The van der Waals surface area contributed by atoms with Crippen molar-refractivity contribution in [2.75, 3.05) is 56.2 Å². The van der Waals surface area contributed by atoms with Gasteiger partial charge in [0.2, 0.25) is 5.95 Å². The molecule has 2 aliphatic rings. The number of rotatable bonds is 12. The molecular weight excluding hydrogens is 669 g/mol. The Morgan fingerprint density at radius 3 is 2.37 bits per heavy atom. The molecule has 12 nitrogen and oxygen atoms in total. The average molecular weight is 723 g/mol. The van der Waals surface area contributed by atoms with E-state index in [1.807, 2.05) is 71.9 Å². The van der Waals surface area contributed by atoms with E-state index in [0.717, 1.165) is 66.4 Å². The molecule has 0 spiro atoms. The monoisotopic (exact) mass is 722 g/mol. The number of nitrogens with one attached hydrogen (secondary N) is 2. The van der Waals surface area contributed by atoms with Crippen LogP contribution in [0.5, 0.6) is 5.75 Å². The second-order valence-corrected chi connectivity index (χ2v) is 14.7. The van der Waals surface area contributed by atoms with Gasteiger partial charge in [-0.15, -0.1) is 0 Å². The van der Waals surface area contributed by atoms with E-state index in [0.29, 0.717) is 45.3 Å². The fourth-order valence-electron chi connectivity index (χ4n) is 5.97. The number of alkyl carbamates (subject to hydrolysis) is 1. The molecule has 0 saturated carbocycles. The Morgan fingerprint density at radius 2 is 1.67 bits per heavy atom. The summed E-state index contributed by atoms with van der Waals surface area (Å²) in [6.07, 6.45) is 3.71. The molecule has 3 aromatic rings. The topological polar surface area (TPSA) is 127 Å². The van der Waals surface area contributed by atoms with Crippen molar-refractivity contribution in [1.82, 2.24) is 20.2 Å². The lowest BCUT2D eigenvalue weighted by Gasteiger charge is -2.33. The molecular formula is C38H54N6O6S. The molecule has 2 aliphatic heterocycles. The van der Waals surface area contributed by atoms with Crippen LogP contribution in [0.2, 0.25) is 0 Å². The number of benzene rings is 2. The van der Waals surface area contributed by atoms with Gasteiger partial charge in [0.15, 0.2) is 0 Å². The standard InChI is InChI=1S/C38H52N6O6.H2S/c1-37(2,3)49-34(45)33-9-7-19-44(33)26-28-25-29(12-15-32(28)43-20-23-47-24-21-43)41-35-39-18-16-31(42-35)27-10-13-30(14-11-27)48-22-8-17-40-36(46)50-38(4,5)6;/h10-16,18,25,33H,7-9,17,19-24,26H2,1-6H3,(H,40,46)(H,39,41,42);1H2. The number of hydrogen-bond acceptors (Lipinski definition) is 11. The molecule has 13 heteroatoms. The first-order valence-corrected chi connectivity index (χ1v) is 17.6. The third-order valence-electron chi connectivity index (χ3n) is 8.17. The summed E-state index contributed by atoms with van der Waals surface area (Å²) in [6, 6.07) is 15.7. The average Bonchev–Trinajstić information content (AvgIpc) is 3.52. The van der Waals surface area contributed by atoms with Crippen LogP contribution in [0.3, 0.4) is 0 Å². The molecule has 278 valence electrons. The Labute approximate surface area is 309 Å². The number of nitrogens with zero attached hydrogens (tertiary/aromatic N) is 4. The molecule has 1 amide bonds. The SMILES string of the molecule is CC(C)(C)OC(=O)NCCCOc1ccc(-c2ccnc(Nc3ccc(N4CCOCC4)c(CN4CCCC4C(=O)OC(C)(C)C)c3)n2)cc1.S. The summed E-state index contributed by atoms with van der Waals surface area (Å²) in [5, 5.41) is 6.15. The first-order chi connectivity index (χ1) is 23.8. The fourth-order valence-corrected chi connectivity index (χ4v) is 5.97. The number of ether oxygens (including phenoxy) is 4. The molecule has 1 atom stereocenters. The van der Waals surface area contributed by atoms with Gasteiger partial charge in [-0.3, -0.25) is 9.69 Å². The lowest BCUT2D eigenvalue weighted by atomic mass is 10.1. The molecule has 2 aromatic carbocycles. The van der Waals surface area contributed by atoms with E-state index in [1.54, 1.807) is 6.20 Å². The van der Waals surface area contributed by atoms with Crippen molar-refractivity contribution in [2.45, 2.75) is 84.6 Å². The molecule has 51 heavy (non-hydrogen) atoms. The number of anilines is 3. The molecule has 2 N–H and O–H groups in total. The summed E-state index contributed by atoms with van der Waals surface area (Å²) in [5.74, 6) is 1.06. The zero-order valence-electron chi connectivity index (χ0n) is 30.8. The van der Waals surface area contributed by atoms with E-state index >= 15 is 0 Å². The molecule has 5 rings (SSSR count). The van der Waals surface area contributed by atoms with Gasteiger partial charge >= 0.3 is 12.1 Å². The van der Waals surface area contributed by atoms with Crippen LogP contribution in [-0.4, -0.2) is 90.2 Å². The van der Waals surface area contributed by atoms with Crippen molar-refractivity contribution in [3.05, 3.63) is 60.3 Å². The van der Waals surface area contributed by atoms with E-state index in [1.165, 1.54) is 0 Å². The zero-order chi connectivity index (χ0) is 35.7. The van der Waals surface area contributed by atoms with Crippen molar-refractivity contribution in [1.29, 1.82) is 0 Å². The van der Waals surface area contributed by atoms with E-state index < -0.39 is 17.3 Å². The van der Waals surface area contributed by atoms with Gasteiger partial charge in [0, 0.05) is 49.3 Å². The Morgan fingerprint density at radius 1 is 0.941 bits per heavy atom. The number of carbonyl (C=O) groups is 2. The molecule has 0 bridgehead atoms. The molecule has 3 heterocycles. The van der Waals surface area contributed by atoms with Crippen LogP contribution in [0.15, 0.2) is 54.7 Å². The van der Waals surface area contributed by atoms with Gasteiger partial charge in [-0.25, -0.2) is 14.8 Å². The maximum absolute atomic E-state index is 13.1. The third-order valence-corrected chi connectivity index (χ3v) is 8.17. The van der Waals surface area contributed by atoms with Crippen LogP contribution in [0.1, 0.15) is 66.4 Å². The predicted molar refractivity (Wildman–Crippen MR) is 204 cm³/mol. The van der Waals surface area contributed by atoms with Gasteiger partial charge in [0.05, 0.1) is 25.5 Å². The minimum atomic E-state index is -0.526. The number of likely N-dealkylation sites (tertiary alicyclic amines) is 1. The van der Waals surface area contributed by atoms with Gasteiger partial charge < -0.3 is 34.5 Å². The second-order valence-electron chi connectivity index (χ2n) is 14.7. The molecule has 0 radical (unpaired) electrons. The van der Waals surface area contributed by atoms with Crippen molar-refractivity contribution < 1.29 is 28.5 Å². The number of amides is 1. The number of morpholine rings is 1. The van der Waals surface area contributed by atoms with Crippen LogP contribution in [-0.2, 0) is 25.5 Å². The Bertz CT molecular complexity index is 1590. The third kappa shape index (κ3) is 12.3. The maximum Gasteiger partial charge on any atom is 0.407 e. The summed E-state index contributed by atoms with van der Waals surface area (Å²) in [4.78, 5) is 38.8. The molecule has 0 aliphatic carbocycles. The highest BCUT2D eigenvalue weighted by molar-refractivity contribution is 7.59. The first-order valence-electron chi connectivity index (χ1n) is 17.6. The van der Waals surface area contributed by atoms with Gasteiger partial charge in [0.1, 0.15) is 23.0 Å². The number of aromatic nitrogens is 2. The summed E-state index contributed by atoms with van der Waals surface area (Å²) in [7, 11) is 0. The lowest BCUT2D eigenvalue weighted by molar-refractivity contribution is -0.160. The quantitative estimate of drug-likeness (QED) is 0.159. The van der Waals surface area contributed by atoms with Crippen molar-refractivity contribution in [2.24, 2.45) is 0 Å². The first kappa shape index (κ1) is 39.7. The van der Waals surface area contributed by atoms with Gasteiger partial charge in [-0.05, 0) is 121 Å². The van der Waals surface area contributed by atoms with Crippen molar-refractivity contribution >= 4 is 42.9 Å². The Balaban J connectivity index is 0.00000583. The van der Waals surface area contributed by atoms with E-state index in [2.05, 4.69) is 43.6 Å². The van der Waals surface area contributed by atoms with Crippen LogP contribution in [0, 0.1) is 0 Å². The second kappa shape index (κ2) is 17.9. The van der Waals surface area contributed by atoms with E-state index in [9.17, 15) is 9.59 Å². The largest absolute Gasteiger partial charge is 0.494 e. The summed E-state index contributed by atoms with van der Waals surface area (Å²) in [5.41, 5.74) is 3.79. The smallest absolute Gasteiger partial charge is 0.407 e. The molecule has 1 unspecified atom stereocenters. The summed E-state index contributed by atoms with van der Waals surface area (Å²) >= 11 is 0. The van der Waals surface area contributed by atoms with Crippen LogP contribution in [0.25, 0.3) is 11.3 Å². The van der Waals surface area contributed by atoms with Gasteiger partial charge in [0.25, 0.3) is 0 Å². The van der Waals surface area contributed by atoms with Crippen LogP contribution in [0.4, 0.5) is 22.1 Å². The van der Waals surface area contributed by atoms with Crippen molar-refractivity contribution in [3.63, 3.8) is 0 Å².